The first-order chi connectivity index (χ1) is 9.85. The van der Waals surface area contributed by atoms with Crippen molar-refractivity contribution in [1.29, 1.82) is 0 Å². The van der Waals surface area contributed by atoms with Crippen molar-refractivity contribution in [1.82, 2.24) is 9.97 Å². The number of nitrogens with two attached hydrogens (primary N) is 1. The Labute approximate surface area is 131 Å². The van der Waals surface area contributed by atoms with Gasteiger partial charge in [0.1, 0.15) is 22.7 Å². The third-order valence-electron chi connectivity index (χ3n) is 2.47. The van der Waals surface area contributed by atoms with Crippen molar-refractivity contribution >= 4 is 44.6 Å². The van der Waals surface area contributed by atoms with E-state index < -0.39 is 10.0 Å². The number of nitrogens with one attached hydrogen (secondary N) is 1. The van der Waals surface area contributed by atoms with Crippen LogP contribution in [0.15, 0.2) is 29.4 Å². The molecule has 0 unspecified atom stereocenters. The van der Waals surface area contributed by atoms with Crippen LogP contribution < -0.4 is 15.2 Å². The van der Waals surface area contributed by atoms with Crippen LogP contribution in [0, 0.1) is 0 Å². The zero-order valence-corrected chi connectivity index (χ0v) is 13.0. The van der Waals surface area contributed by atoms with Gasteiger partial charge in [-0.25, -0.2) is 18.4 Å². The lowest BCUT2D eigenvalue weighted by molar-refractivity contribution is 0.403. The third-order valence-corrected chi connectivity index (χ3v) is 4.41. The summed E-state index contributed by atoms with van der Waals surface area (Å²) in [7, 11) is -2.68. The second-order valence-electron chi connectivity index (χ2n) is 3.85. The Bertz CT molecular complexity index is 763. The maximum absolute atomic E-state index is 12.4. The summed E-state index contributed by atoms with van der Waals surface area (Å²) in [5.74, 6) is 0.126. The predicted molar refractivity (Wildman–Crippen MR) is 80.3 cm³/mol. The van der Waals surface area contributed by atoms with Crippen molar-refractivity contribution in [3.8, 4) is 5.75 Å². The van der Waals surface area contributed by atoms with Crippen molar-refractivity contribution < 1.29 is 13.2 Å². The van der Waals surface area contributed by atoms with E-state index in [1.165, 1.54) is 25.3 Å². The van der Waals surface area contributed by atoms with E-state index in [1.54, 1.807) is 0 Å². The van der Waals surface area contributed by atoms with Gasteiger partial charge in [0.2, 0.25) is 0 Å². The van der Waals surface area contributed by atoms with Crippen molar-refractivity contribution in [2.24, 2.45) is 0 Å². The molecule has 2 aromatic rings. The van der Waals surface area contributed by atoms with Gasteiger partial charge < -0.3 is 10.5 Å². The van der Waals surface area contributed by atoms with E-state index in [2.05, 4.69) is 14.7 Å². The SMILES string of the molecule is COc1ccc(N)cc1S(=O)(=O)Nc1c(Cl)ncnc1Cl. The summed E-state index contributed by atoms with van der Waals surface area (Å²) in [4.78, 5) is 7.18. The lowest BCUT2D eigenvalue weighted by atomic mass is 10.3. The van der Waals surface area contributed by atoms with Crippen LogP contribution in [0.3, 0.4) is 0 Å². The van der Waals surface area contributed by atoms with E-state index >= 15 is 0 Å². The molecule has 21 heavy (non-hydrogen) atoms. The van der Waals surface area contributed by atoms with Crippen molar-refractivity contribution in [2.75, 3.05) is 17.6 Å². The van der Waals surface area contributed by atoms with Crippen molar-refractivity contribution in [3.63, 3.8) is 0 Å². The summed E-state index contributed by atoms with van der Waals surface area (Å²) in [6.45, 7) is 0. The summed E-state index contributed by atoms with van der Waals surface area (Å²) < 4.78 is 32.1. The molecule has 10 heteroatoms. The molecule has 0 fully saturated rings. The number of methoxy groups -OCH3 is 1. The zero-order valence-electron chi connectivity index (χ0n) is 10.7. The maximum atomic E-state index is 12.4. The first kappa shape index (κ1) is 15.6. The summed E-state index contributed by atoms with van der Waals surface area (Å²) in [5, 5.41) is -0.247. The minimum atomic E-state index is -4.03. The molecule has 0 atom stereocenters. The van der Waals surface area contributed by atoms with Crippen LogP contribution in [0.4, 0.5) is 11.4 Å². The third kappa shape index (κ3) is 3.29. The fraction of sp³-hybridized carbons (Fsp3) is 0.0909. The maximum Gasteiger partial charge on any atom is 0.265 e. The number of halogens is 2. The molecule has 0 radical (unpaired) electrons. The number of nitrogen functional groups attached to an aromatic ring is 1. The molecule has 7 nitrogen and oxygen atoms in total. The van der Waals surface area contributed by atoms with Gasteiger partial charge in [-0.3, -0.25) is 4.72 Å². The number of hydrogen-bond acceptors (Lipinski definition) is 6. The highest BCUT2D eigenvalue weighted by atomic mass is 35.5. The van der Waals surface area contributed by atoms with Gasteiger partial charge in [-0.1, -0.05) is 23.2 Å². The van der Waals surface area contributed by atoms with Crippen LogP contribution in [0.2, 0.25) is 10.3 Å². The van der Waals surface area contributed by atoms with E-state index in [0.717, 1.165) is 6.33 Å². The molecule has 0 bridgehead atoms. The Balaban J connectivity index is 2.51. The topological polar surface area (TPSA) is 107 Å². The second-order valence-corrected chi connectivity index (χ2v) is 6.21. The van der Waals surface area contributed by atoms with Gasteiger partial charge in [-0.05, 0) is 18.2 Å². The normalized spacial score (nSPS) is 11.2. The summed E-state index contributed by atoms with van der Waals surface area (Å²) >= 11 is 11.6. The van der Waals surface area contributed by atoms with Crippen LogP contribution in [0.25, 0.3) is 0 Å². The second kappa shape index (κ2) is 5.92. The molecule has 112 valence electrons. The average molecular weight is 349 g/mol. The number of sulfonamides is 1. The van der Waals surface area contributed by atoms with Gasteiger partial charge in [-0.15, -0.1) is 0 Å². The van der Waals surface area contributed by atoms with E-state index in [4.69, 9.17) is 33.7 Å². The lowest BCUT2D eigenvalue weighted by Crippen LogP contribution is -2.15. The Morgan fingerprint density at radius 2 is 1.86 bits per heavy atom. The van der Waals surface area contributed by atoms with E-state index in [0.29, 0.717) is 0 Å². The number of nitrogens with zero attached hydrogens (tertiary/aromatic N) is 2. The average Bonchev–Trinajstić information content (AvgIpc) is 2.43. The van der Waals surface area contributed by atoms with E-state index in [1.807, 2.05) is 0 Å². The highest BCUT2D eigenvalue weighted by Gasteiger charge is 2.23. The molecular formula is C11H10Cl2N4O3S. The molecule has 1 aromatic carbocycles. The smallest absolute Gasteiger partial charge is 0.265 e. The predicted octanol–water partition coefficient (Wildman–Crippen LogP) is 2.17. The minimum absolute atomic E-state index is 0.120. The largest absolute Gasteiger partial charge is 0.495 e. The lowest BCUT2D eigenvalue weighted by Gasteiger charge is -2.13. The van der Waals surface area contributed by atoms with Crippen LogP contribution in [0.5, 0.6) is 5.75 Å². The molecule has 0 saturated carbocycles. The highest BCUT2D eigenvalue weighted by Crippen LogP contribution is 2.32. The van der Waals surface area contributed by atoms with Gasteiger partial charge in [-0.2, -0.15) is 0 Å². The van der Waals surface area contributed by atoms with Gasteiger partial charge >= 0.3 is 0 Å². The Hall–Kier alpha value is -1.77. The van der Waals surface area contributed by atoms with Gasteiger partial charge in [0.05, 0.1) is 7.11 Å². The first-order valence-corrected chi connectivity index (χ1v) is 7.71. The molecule has 3 N–H and O–H groups in total. The Morgan fingerprint density at radius 1 is 1.24 bits per heavy atom. The van der Waals surface area contributed by atoms with E-state index in [-0.39, 0.29) is 32.3 Å². The molecule has 0 aliphatic heterocycles. The van der Waals surface area contributed by atoms with Crippen LogP contribution >= 0.6 is 23.2 Å². The number of hydrogen-bond donors (Lipinski definition) is 2. The molecule has 0 spiro atoms. The number of benzene rings is 1. The number of anilines is 2. The van der Waals surface area contributed by atoms with Crippen molar-refractivity contribution in [2.45, 2.75) is 4.90 Å². The molecule has 1 aromatic heterocycles. The summed E-state index contributed by atoms with van der Waals surface area (Å²) in [5.41, 5.74) is 5.75. The zero-order chi connectivity index (χ0) is 15.6. The Kier molecular flexibility index (Phi) is 4.40. The number of aromatic nitrogens is 2. The van der Waals surface area contributed by atoms with Crippen LogP contribution in [-0.4, -0.2) is 25.5 Å². The molecule has 0 amide bonds. The number of rotatable bonds is 4. The van der Waals surface area contributed by atoms with Crippen molar-refractivity contribution in [3.05, 3.63) is 34.8 Å². The highest BCUT2D eigenvalue weighted by molar-refractivity contribution is 7.92. The molecule has 0 saturated heterocycles. The fourth-order valence-electron chi connectivity index (χ4n) is 1.52. The van der Waals surface area contributed by atoms with E-state index in [9.17, 15) is 8.42 Å². The molecule has 2 rings (SSSR count). The fourth-order valence-corrected chi connectivity index (χ4v) is 3.32. The number of ether oxygens (including phenoxy) is 1. The quantitative estimate of drug-likeness (QED) is 0.647. The monoisotopic (exact) mass is 348 g/mol. The summed E-state index contributed by atoms with van der Waals surface area (Å²) in [6.07, 6.45) is 1.11. The molecule has 1 heterocycles. The van der Waals surface area contributed by atoms with Crippen LogP contribution in [0.1, 0.15) is 0 Å². The first-order valence-electron chi connectivity index (χ1n) is 5.47. The summed E-state index contributed by atoms with van der Waals surface area (Å²) in [6, 6.07) is 4.21. The van der Waals surface area contributed by atoms with Gasteiger partial charge in [0, 0.05) is 5.69 Å². The van der Waals surface area contributed by atoms with Gasteiger partial charge in [0.15, 0.2) is 10.3 Å². The molecule has 0 aliphatic carbocycles. The van der Waals surface area contributed by atoms with Crippen LogP contribution in [-0.2, 0) is 10.0 Å². The molecular weight excluding hydrogens is 339 g/mol. The molecule has 0 aliphatic rings. The standard InChI is InChI=1S/C11H10Cl2N4O3S/c1-20-7-3-2-6(14)4-8(7)21(18,19)17-9-10(12)15-5-16-11(9)13/h2-5,17H,14H2,1H3. The Morgan fingerprint density at radius 3 is 2.43 bits per heavy atom. The minimum Gasteiger partial charge on any atom is -0.495 e. The van der Waals surface area contributed by atoms with Gasteiger partial charge in [0.25, 0.3) is 10.0 Å².